The van der Waals surface area contributed by atoms with Crippen LogP contribution in [-0.2, 0) is 18.9 Å². The molecule has 0 radical (unpaired) electrons. The van der Waals surface area contributed by atoms with E-state index in [1.165, 1.54) is 0 Å². The van der Waals surface area contributed by atoms with Crippen molar-refractivity contribution in [3.63, 3.8) is 0 Å². The molecule has 0 aromatic heterocycles. The van der Waals surface area contributed by atoms with Crippen LogP contribution in [0.15, 0.2) is 0 Å². The number of rotatable bonds is 11. The first-order valence-corrected chi connectivity index (χ1v) is 5.48. The zero-order chi connectivity index (χ0) is 11.4. The fourth-order valence-electron chi connectivity index (χ4n) is 1.07. The summed E-state index contributed by atoms with van der Waals surface area (Å²) in [7, 11) is 3.35. The molecule has 0 aromatic carbocycles. The smallest absolute Gasteiger partial charge is 0.0700 e. The summed E-state index contributed by atoms with van der Waals surface area (Å²) in [5.41, 5.74) is 0. The predicted octanol–water partition coefficient (Wildman–Crippen LogP) is 1.34. The zero-order valence-electron chi connectivity index (χ0n) is 10.2. The Bertz CT molecular complexity index is 107. The molecule has 92 valence electrons. The summed E-state index contributed by atoms with van der Waals surface area (Å²) in [5, 5.41) is 0. The number of methoxy groups -OCH3 is 2. The molecule has 0 aliphatic heterocycles. The number of hydrogen-bond acceptors (Lipinski definition) is 4. The predicted molar refractivity (Wildman–Crippen MR) is 59.2 cm³/mol. The van der Waals surface area contributed by atoms with Crippen molar-refractivity contribution in [1.29, 1.82) is 0 Å². The van der Waals surface area contributed by atoms with Gasteiger partial charge in [-0.05, 0) is 6.42 Å². The van der Waals surface area contributed by atoms with Crippen molar-refractivity contribution in [2.45, 2.75) is 13.3 Å². The van der Waals surface area contributed by atoms with Gasteiger partial charge in [-0.3, -0.25) is 0 Å². The molecule has 0 unspecified atom stereocenters. The monoisotopic (exact) mass is 220 g/mol. The fraction of sp³-hybridized carbons (Fsp3) is 1.00. The number of hydrogen-bond donors (Lipinski definition) is 0. The third-order valence-corrected chi connectivity index (χ3v) is 2.15. The van der Waals surface area contributed by atoms with Crippen LogP contribution in [0.4, 0.5) is 0 Å². The SMILES string of the molecule is CCC(COCCOC)COCCOC. The highest BCUT2D eigenvalue weighted by Gasteiger charge is 2.06. The van der Waals surface area contributed by atoms with Crippen LogP contribution in [0.25, 0.3) is 0 Å². The van der Waals surface area contributed by atoms with E-state index in [9.17, 15) is 0 Å². The lowest BCUT2D eigenvalue weighted by atomic mass is 10.1. The molecular formula is C11H24O4. The lowest BCUT2D eigenvalue weighted by Crippen LogP contribution is -2.18. The lowest BCUT2D eigenvalue weighted by molar-refractivity contribution is 0.00654. The van der Waals surface area contributed by atoms with Crippen molar-refractivity contribution in [2.24, 2.45) is 5.92 Å². The van der Waals surface area contributed by atoms with Gasteiger partial charge in [-0.15, -0.1) is 0 Å². The summed E-state index contributed by atoms with van der Waals surface area (Å²) < 4.78 is 20.7. The van der Waals surface area contributed by atoms with Crippen molar-refractivity contribution in [3.8, 4) is 0 Å². The highest BCUT2D eigenvalue weighted by molar-refractivity contribution is 4.54. The van der Waals surface area contributed by atoms with E-state index in [-0.39, 0.29) is 0 Å². The molecule has 0 amide bonds. The summed E-state index contributed by atoms with van der Waals surface area (Å²) in [5.74, 6) is 0.471. The third-order valence-electron chi connectivity index (χ3n) is 2.15. The maximum atomic E-state index is 5.45. The molecule has 4 nitrogen and oxygen atoms in total. The van der Waals surface area contributed by atoms with Crippen LogP contribution in [0.2, 0.25) is 0 Å². The summed E-state index contributed by atoms with van der Waals surface area (Å²) in [6, 6.07) is 0. The molecule has 0 N–H and O–H groups in total. The van der Waals surface area contributed by atoms with Gasteiger partial charge in [0, 0.05) is 20.1 Å². The van der Waals surface area contributed by atoms with Crippen LogP contribution in [0.3, 0.4) is 0 Å². The van der Waals surface area contributed by atoms with Crippen LogP contribution < -0.4 is 0 Å². The van der Waals surface area contributed by atoms with Gasteiger partial charge in [0.2, 0.25) is 0 Å². The molecule has 15 heavy (non-hydrogen) atoms. The average Bonchev–Trinajstić information content (AvgIpc) is 2.27. The Labute approximate surface area is 92.8 Å². The van der Waals surface area contributed by atoms with Crippen LogP contribution in [0.5, 0.6) is 0 Å². The molecule has 0 aromatic rings. The van der Waals surface area contributed by atoms with Gasteiger partial charge in [0.15, 0.2) is 0 Å². The Morgan fingerprint density at radius 1 is 0.800 bits per heavy atom. The minimum Gasteiger partial charge on any atom is -0.382 e. The fourth-order valence-corrected chi connectivity index (χ4v) is 1.07. The van der Waals surface area contributed by atoms with Gasteiger partial charge in [-0.2, -0.15) is 0 Å². The molecule has 0 aliphatic rings. The third kappa shape index (κ3) is 10.1. The van der Waals surface area contributed by atoms with E-state index >= 15 is 0 Å². The Morgan fingerprint density at radius 3 is 1.60 bits per heavy atom. The molecule has 0 heterocycles. The highest BCUT2D eigenvalue weighted by Crippen LogP contribution is 2.03. The zero-order valence-corrected chi connectivity index (χ0v) is 10.2. The molecule has 0 fully saturated rings. The first kappa shape index (κ1) is 14.8. The van der Waals surface area contributed by atoms with Gasteiger partial charge < -0.3 is 18.9 Å². The topological polar surface area (TPSA) is 36.9 Å². The van der Waals surface area contributed by atoms with Crippen molar-refractivity contribution in [1.82, 2.24) is 0 Å². The second-order valence-electron chi connectivity index (χ2n) is 3.41. The summed E-state index contributed by atoms with van der Waals surface area (Å²) in [6.45, 7) is 6.25. The Morgan fingerprint density at radius 2 is 1.27 bits per heavy atom. The quantitative estimate of drug-likeness (QED) is 0.492. The van der Waals surface area contributed by atoms with Gasteiger partial charge in [0.25, 0.3) is 0 Å². The van der Waals surface area contributed by atoms with Gasteiger partial charge in [0.05, 0.1) is 39.6 Å². The second kappa shape index (κ2) is 11.9. The van der Waals surface area contributed by atoms with Crippen LogP contribution in [-0.4, -0.2) is 53.9 Å². The van der Waals surface area contributed by atoms with Crippen LogP contribution >= 0.6 is 0 Å². The first-order valence-electron chi connectivity index (χ1n) is 5.48. The molecule has 0 saturated carbocycles. The first-order chi connectivity index (χ1) is 7.35. The van der Waals surface area contributed by atoms with E-state index in [0.29, 0.717) is 32.3 Å². The molecule has 0 atom stereocenters. The van der Waals surface area contributed by atoms with E-state index in [1.54, 1.807) is 14.2 Å². The van der Waals surface area contributed by atoms with E-state index in [2.05, 4.69) is 6.92 Å². The van der Waals surface area contributed by atoms with E-state index in [0.717, 1.165) is 19.6 Å². The molecule has 4 heteroatoms. The lowest BCUT2D eigenvalue weighted by Gasteiger charge is -2.15. The van der Waals surface area contributed by atoms with E-state index < -0.39 is 0 Å². The van der Waals surface area contributed by atoms with Crippen molar-refractivity contribution in [3.05, 3.63) is 0 Å². The Hall–Kier alpha value is -0.160. The molecule has 0 aliphatic carbocycles. The minimum absolute atomic E-state index is 0.471. The van der Waals surface area contributed by atoms with Crippen molar-refractivity contribution in [2.75, 3.05) is 53.9 Å². The normalized spacial score (nSPS) is 11.2. The van der Waals surface area contributed by atoms with Gasteiger partial charge in [-0.1, -0.05) is 6.92 Å². The molecule has 0 bridgehead atoms. The van der Waals surface area contributed by atoms with Crippen molar-refractivity contribution >= 4 is 0 Å². The standard InChI is InChI=1S/C11H24O4/c1-4-11(9-14-7-5-12-2)10-15-8-6-13-3/h11H,4-10H2,1-3H3. The molecular weight excluding hydrogens is 196 g/mol. The van der Waals surface area contributed by atoms with E-state index in [4.69, 9.17) is 18.9 Å². The van der Waals surface area contributed by atoms with Gasteiger partial charge in [-0.25, -0.2) is 0 Å². The molecule has 0 rings (SSSR count). The molecule has 0 spiro atoms. The Kier molecular flexibility index (Phi) is 11.8. The van der Waals surface area contributed by atoms with Gasteiger partial charge in [0.1, 0.15) is 0 Å². The van der Waals surface area contributed by atoms with Gasteiger partial charge >= 0.3 is 0 Å². The van der Waals surface area contributed by atoms with Crippen LogP contribution in [0.1, 0.15) is 13.3 Å². The summed E-state index contributed by atoms with van der Waals surface area (Å²) in [4.78, 5) is 0. The van der Waals surface area contributed by atoms with Crippen molar-refractivity contribution < 1.29 is 18.9 Å². The average molecular weight is 220 g/mol. The molecule has 0 saturated heterocycles. The number of ether oxygens (including phenoxy) is 4. The largest absolute Gasteiger partial charge is 0.382 e. The van der Waals surface area contributed by atoms with E-state index in [1.807, 2.05) is 0 Å². The minimum atomic E-state index is 0.471. The second-order valence-corrected chi connectivity index (χ2v) is 3.41. The summed E-state index contributed by atoms with van der Waals surface area (Å²) in [6.07, 6.45) is 1.07. The van der Waals surface area contributed by atoms with Crippen LogP contribution in [0, 0.1) is 5.92 Å². The highest BCUT2D eigenvalue weighted by atomic mass is 16.5. The summed E-state index contributed by atoms with van der Waals surface area (Å²) >= 11 is 0. The Balaban J connectivity index is 3.29. The maximum Gasteiger partial charge on any atom is 0.0700 e. The maximum absolute atomic E-state index is 5.45.